The highest BCUT2D eigenvalue weighted by Gasteiger charge is 2.20. The Morgan fingerprint density at radius 3 is 2.43 bits per heavy atom. The zero-order valence-electron chi connectivity index (χ0n) is 16.2. The molecule has 0 unspecified atom stereocenters. The summed E-state index contributed by atoms with van der Waals surface area (Å²) in [7, 11) is 0. The van der Waals surface area contributed by atoms with Gasteiger partial charge in [0.25, 0.3) is 0 Å². The number of benzene rings is 2. The molecule has 2 aromatic carbocycles. The van der Waals surface area contributed by atoms with E-state index in [1.54, 1.807) is 0 Å². The molecule has 1 aliphatic carbocycles. The molecule has 152 valence electrons. The van der Waals surface area contributed by atoms with E-state index in [0.717, 1.165) is 48.8 Å². The monoisotopic (exact) mass is 513 g/mol. The molecule has 0 radical (unpaired) electrons. The molecule has 1 fully saturated rings. The first-order valence-electron chi connectivity index (χ1n) is 9.72. The third kappa shape index (κ3) is 6.64. The van der Waals surface area contributed by atoms with E-state index in [1.807, 2.05) is 36.4 Å². The molecule has 0 saturated heterocycles. The molecule has 0 heterocycles. The molecule has 3 N–H and O–H groups in total. The Kier molecular flexibility index (Phi) is 9.55. The van der Waals surface area contributed by atoms with E-state index < -0.39 is 0 Å². The maximum Gasteiger partial charge on any atom is 0.191 e. The topological polar surface area (TPSA) is 56.7 Å². The number of nitrogens with zero attached hydrogens (tertiary/aromatic N) is 1. The van der Waals surface area contributed by atoms with Crippen molar-refractivity contribution in [3.05, 3.63) is 59.1 Å². The highest BCUT2D eigenvalue weighted by molar-refractivity contribution is 14.0. The number of nitrogens with one attached hydrogen (secondary N) is 2. The van der Waals surface area contributed by atoms with Gasteiger partial charge in [-0.15, -0.1) is 24.0 Å². The van der Waals surface area contributed by atoms with E-state index in [2.05, 4.69) is 29.7 Å². The molecule has 0 atom stereocenters. The van der Waals surface area contributed by atoms with Crippen molar-refractivity contribution in [1.82, 2.24) is 10.6 Å². The van der Waals surface area contributed by atoms with Crippen molar-refractivity contribution in [3.63, 3.8) is 0 Å². The average molecular weight is 514 g/mol. The fraction of sp³-hybridized carbons (Fsp3) is 0.409. The molecule has 28 heavy (non-hydrogen) atoms. The van der Waals surface area contributed by atoms with Gasteiger partial charge in [-0.05, 0) is 61.4 Å². The minimum Gasteiger partial charge on any atom is -0.393 e. The SMILES string of the molecule is CCNC(=NCc1ccccc1-c1ccc(Cl)cc1)NC1CCC(O)CC1.I. The second kappa shape index (κ2) is 11.6. The van der Waals surface area contributed by atoms with E-state index >= 15 is 0 Å². The summed E-state index contributed by atoms with van der Waals surface area (Å²) < 4.78 is 0. The smallest absolute Gasteiger partial charge is 0.191 e. The quantitative estimate of drug-likeness (QED) is 0.300. The lowest BCUT2D eigenvalue weighted by Gasteiger charge is -2.27. The van der Waals surface area contributed by atoms with Crippen LogP contribution < -0.4 is 10.6 Å². The van der Waals surface area contributed by atoms with Gasteiger partial charge < -0.3 is 15.7 Å². The van der Waals surface area contributed by atoms with Crippen LogP contribution in [0.3, 0.4) is 0 Å². The Hall–Kier alpha value is -1.31. The van der Waals surface area contributed by atoms with Crippen molar-refractivity contribution >= 4 is 41.5 Å². The first kappa shape index (κ1) is 23.0. The summed E-state index contributed by atoms with van der Waals surface area (Å²) in [5.74, 6) is 0.838. The van der Waals surface area contributed by atoms with Crippen LogP contribution in [0.25, 0.3) is 11.1 Å². The molecule has 1 saturated carbocycles. The van der Waals surface area contributed by atoms with Crippen molar-refractivity contribution in [1.29, 1.82) is 0 Å². The van der Waals surface area contributed by atoms with E-state index in [9.17, 15) is 5.11 Å². The third-order valence-electron chi connectivity index (χ3n) is 4.96. The lowest BCUT2D eigenvalue weighted by Crippen LogP contribution is -2.45. The van der Waals surface area contributed by atoms with Crippen LogP contribution in [0, 0.1) is 0 Å². The van der Waals surface area contributed by atoms with Crippen LogP contribution in [0.4, 0.5) is 0 Å². The molecule has 0 aliphatic heterocycles. The second-order valence-electron chi connectivity index (χ2n) is 7.01. The van der Waals surface area contributed by atoms with Crippen LogP contribution in [-0.2, 0) is 6.54 Å². The maximum absolute atomic E-state index is 9.69. The highest BCUT2D eigenvalue weighted by Crippen LogP contribution is 2.25. The maximum atomic E-state index is 9.69. The number of hydrogen-bond donors (Lipinski definition) is 3. The number of rotatable bonds is 5. The lowest BCUT2D eigenvalue weighted by molar-refractivity contribution is 0.120. The third-order valence-corrected chi connectivity index (χ3v) is 5.21. The Bertz CT molecular complexity index is 759. The summed E-state index contributed by atoms with van der Waals surface area (Å²) in [5, 5.41) is 17.3. The first-order chi connectivity index (χ1) is 13.2. The molecule has 6 heteroatoms. The van der Waals surface area contributed by atoms with Gasteiger partial charge >= 0.3 is 0 Å². The molecule has 2 aromatic rings. The number of halogens is 2. The summed E-state index contributed by atoms with van der Waals surface area (Å²) >= 11 is 6.02. The van der Waals surface area contributed by atoms with Crippen LogP contribution in [0.5, 0.6) is 0 Å². The normalized spacial score (nSPS) is 19.6. The number of hydrogen-bond acceptors (Lipinski definition) is 2. The number of aliphatic hydroxyl groups excluding tert-OH is 1. The van der Waals surface area contributed by atoms with Gasteiger partial charge in [0.15, 0.2) is 5.96 Å². The zero-order valence-corrected chi connectivity index (χ0v) is 19.3. The number of guanidine groups is 1. The van der Waals surface area contributed by atoms with Crippen LogP contribution in [0.2, 0.25) is 5.02 Å². The van der Waals surface area contributed by atoms with Crippen molar-refractivity contribution in [2.45, 2.75) is 51.3 Å². The van der Waals surface area contributed by atoms with Gasteiger partial charge in [-0.2, -0.15) is 0 Å². The van der Waals surface area contributed by atoms with Crippen LogP contribution in [-0.4, -0.2) is 29.8 Å². The van der Waals surface area contributed by atoms with Gasteiger partial charge in [-0.25, -0.2) is 4.99 Å². The van der Waals surface area contributed by atoms with E-state index in [-0.39, 0.29) is 30.1 Å². The van der Waals surface area contributed by atoms with Crippen LogP contribution >= 0.6 is 35.6 Å². The molecule has 0 spiro atoms. The largest absolute Gasteiger partial charge is 0.393 e. The lowest BCUT2D eigenvalue weighted by atomic mass is 9.93. The van der Waals surface area contributed by atoms with Gasteiger partial charge in [0, 0.05) is 17.6 Å². The zero-order chi connectivity index (χ0) is 19.1. The van der Waals surface area contributed by atoms with Gasteiger partial charge in [-0.3, -0.25) is 0 Å². The second-order valence-corrected chi connectivity index (χ2v) is 7.45. The average Bonchev–Trinajstić information content (AvgIpc) is 2.69. The summed E-state index contributed by atoms with van der Waals surface area (Å²) in [6.07, 6.45) is 3.53. The first-order valence-corrected chi connectivity index (χ1v) is 10.1. The van der Waals surface area contributed by atoms with Gasteiger partial charge in [-0.1, -0.05) is 48.0 Å². The highest BCUT2D eigenvalue weighted by atomic mass is 127. The predicted molar refractivity (Wildman–Crippen MR) is 129 cm³/mol. The van der Waals surface area contributed by atoms with Gasteiger partial charge in [0.05, 0.1) is 12.6 Å². The fourth-order valence-electron chi connectivity index (χ4n) is 3.47. The number of aliphatic hydroxyl groups is 1. The summed E-state index contributed by atoms with van der Waals surface area (Å²) in [6, 6.07) is 16.6. The van der Waals surface area contributed by atoms with Gasteiger partial charge in [0.2, 0.25) is 0 Å². The Morgan fingerprint density at radius 1 is 1.07 bits per heavy atom. The fourth-order valence-corrected chi connectivity index (χ4v) is 3.59. The minimum atomic E-state index is -0.145. The van der Waals surface area contributed by atoms with E-state index in [0.29, 0.717) is 12.6 Å². The molecular formula is C22H29ClIN3O. The molecule has 3 rings (SSSR count). The van der Waals surface area contributed by atoms with E-state index in [1.165, 1.54) is 11.1 Å². The van der Waals surface area contributed by atoms with Crippen LogP contribution in [0.1, 0.15) is 38.2 Å². The molecule has 0 amide bonds. The standard InChI is InChI=1S/C22H28ClN3O.HI/c1-2-24-22(26-19-11-13-20(27)14-12-19)25-15-17-5-3-4-6-21(17)16-7-9-18(23)10-8-16;/h3-10,19-20,27H,2,11-15H2,1H3,(H2,24,25,26);1H. The minimum absolute atomic E-state index is 0. The summed E-state index contributed by atoms with van der Waals surface area (Å²) in [4.78, 5) is 4.81. The molecule has 1 aliphatic rings. The Labute approximate surface area is 189 Å². The molecule has 4 nitrogen and oxygen atoms in total. The molecule has 0 bridgehead atoms. The van der Waals surface area contributed by atoms with Gasteiger partial charge in [0.1, 0.15) is 0 Å². The number of aliphatic imine (C=N–C) groups is 1. The van der Waals surface area contributed by atoms with Crippen molar-refractivity contribution in [3.8, 4) is 11.1 Å². The molecule has 0 aromatic heterocycles. The molecular weight excluding hydrogens is 485 g/mol. The Morgan fingerprint density at radius 2 is 1.75 bits per heavy atom. The predicted octanol–water partition coefficient (Wildman–Crippen LogP) is 4.98. The van der Waals surface area contributed by atoms with Crippen molar-refractivity contribution in [2.24, 2.45) is 4.99 Å². The van der Waals surface area contributed by atoms with Crippen LogP contribution in [0.15, 0.2) is 53.5 Å². The van der Waals surface area contributed by atoms with Crippen molar-refractivity contribution in [2.75, 3.05) is 6.54 Å². The Balaban J connectivity index is 0.00000280. The van der Waals surface area contributed by atoms with Crippen molar-refractivity contribution < 1.29 is 5.11 Å². The summed E-state index contributed by atoms with van der Waals surface area (Å²) in [6.45, 7) is 3.49. The van der Waals surface area contributed by atoms with E-state index in [4.69, 9.17) is 16.6 Å². The summed E-state index contributed by atoms with van der Waals surface area (Å²) in [5.41, 5.74) is 3.50.